The molecule has 96 valence electrons. The molecule has 0 spiro atoms. The molecule has 0 unspecified atom stereocenters. The van der Waals surface area contributed by atoms with Gasteiger partial charge in [0.05, 0.1) is 10.0 Å². The van der Waals surface area contributed by atoms with E-state index in [9.17, 15) is 0 Å². The lowest BCUT2D eigenvalue weighted by molar-refractivity contribution is 0.381. The Morgan fingerprint density at radius 1 is 1.22 bits per heavy atom. The normalized spacial score (nSPS) is 10.9. The van der Waals surface area contributed by atoms with E-state index >= 15 is 0 Å². The van der Waals surface area contributed by atoms with Crippen LogP contribution in [0.15, 0.2) is 22.7 Å². The Hall–Kier alpha value is -0.990. The van der Waals surface area contributed by atoms with E-state index in [1.165, 1.54) is 0 Å². The molecular weight excluding hydrogens is 269 g/mol. The fourth-order valence-corrected chi connectivity index (χ4v) is 2.47. The number of benzene rings is 1. The predicted octanol–water partition coefficient (Wildman–Crippen LogP) is 5.30. The van der Waals surface area contributed by atoms with Crippen molar-refractivity contribution in [3.05, 3.63) is 39.6 Å². The molecule has 2 nitrogen and oxygen atoms in total. The van der Waals surface area contributed by atoms with Gasteiger partial charge < -0.3 is 4.52 Å². The lowest BCUT2D eigenvalue weighted by Gasteiger charge is -2.04. The zero-order valence-electron chi connectivity index (χ0n) is 10.5. The van der Waals surface area contributed by atoms with Crippen molar-refractivity contribution in [3.63, 3.8) is 0 Å². The van der Waals surface area contributed by atoms with Gasteiger partial charge >= 0.3 is 0 Å². The molecule has 2 rings (SSSR count). The fourth-order valence-electron chi connectivity index (χ4n) is 1.90. The summed E-state index contributed by atoms with van der Waals surface area (Å²) >= 11 is 12.4. The van der Waals surface area contributed by atoms with Crippen LogP contribution in [-0.2, 0) is 6.42 Å². The van der Waals surface area contributed by atoms with E-state index in [1.807, 2.05) is 25.1 Å². The minimum absolute atomic E-state index is 0.598. The highest BCUT2D eigenvalue weighted by molar-refractivity contribution is 6.39. The molecule has 1 aromatic carbocycles. The van der Waals surface area contributed by atoms with Crippen LogP contribution < -0.4 is 0 Å². The van der Waals surface area contributed by atoms with E-state index in [-0.39, 0.29) is 0 Å². The molecule has 0 amide bonds. The maximum Gasteiger partial charge on any atom is 0.140 e. The molecule has 0 saturated carbocycles. The average molecular weight is 284 g/mol. The topological polar surface area (TPSA) is 26.0 Å². The smallest absolute Gasteiger partial charge is 0.140 e. The van der Waals surface area contributed by atoms with Crippen molar-refractivity contribution in [1.82, 2.24) is 5.16 Å². The van der Waals surface area contributed by atoms with Crippen molar-refractivity contribution in [2.75, 3.05) is 0 Å². The van der Waals surface area contributed by atoms with Crippen LogP contribution in [0.3, 0.4) is 0 Å². The highest BCUT2D eigenvalue weighted by atomic mass is 35.5. The van der Waals surface area contributed by atoms with Gasteiger partial charge in [0.25, 0.3) is 0 Å². The Bertz CT molecular complexity index is 528. The molecule has 0 atom stereocenters. The van der Waals surface area contributed by atoms with E-state index < -0.39 is 0 Å². The SMILES string of the molecule is CCCCc1onc(-c2c(Cl)cccc2Cl)c1C. The first-order chi connectivity index (χ1) is 8.65. The highest BCUT2D eigenvalue weighted by Gasteiger charge is 2.17. The third-order valence-corrected chi connectivity index (χ3v) is 3.61. The first kappa shape index (κ1) is 13.4. The Morgan fingerprint density at radius 2 is 1.89 bits per heavy atom. The lowest BCUT2D eigenvalue weighted by atomic mass is 10.0. The summed E-state index contributed by atoms with van der Waals surface area (Å²) in [6.45, 7) is 4.15. The van der Waals surface area contributed by atoms with Crippen LogP contribution in [-0.4, -0.2) is 5.16 Å². The number of hydrogen-bond acceptors (Lipinski definition) is 2. The summed E-state index contributed by atoms with van der Waals surface area (Å²) in [5, 5.41) is 5.31. The van der Waals surface area contributed by atoms with Crippen molar-refractivity contribution >= 4 is 23.2 Å². The second-order valence-corrected chi connectivity index (χ2v) is 5.09. The molecule has 1 aromatic heterocycles. The summed E-state index contributed by atoms with van der Waals surface area (Å²) in [4.78, 5) is 0. The summed E-state index contributed by atoms with van der Waals surface area (Å²) in [5.74, 6) is 0.919. The largest absolute Gasteiger partial charge is 0.360 e. The van der Waals surface area contributed by atoms with E-state index in [0.29, 0.717) is 10.0 Å². The average Bonchev–Trinajstić information content (AvgIpc) is 2.69. The summed E-state index contributed by atoms with van der Waals surface area (Å²) in [6, 6.07) is 5.44. The molecule has 0 fully saturated rings. The van der Waals surface area contributed by atoms with Gasteiger partial charge in [0.2, 0.25) is 0 Å². The zero-order chi connectivity index (χ0) is 13.1. The highest BCUT2D eigenvalue weighted by Crippen LogP contribution is 2.36. The fraction of sp³-hybridized carbons (Fsp3) is 0.357. The quantitative estimate of drug-likeness (QED) is 0.761. The Balaban J connectivity index is 2.43. The van der Waals surface area contributed by atoms with Crippen molar-refractivity contribution < 1.29 is 4.52 Å². The van der Waals surface area contributed by atoms with Crippen LogP contribution in [0.1, 0.15) is 31.1 Å². The summed E-state index contributed by atoms with van der Waals surface area (Å²) < 4.78 is 5.39. The minimum Gasteiger partial charge on any atom is -0.360 e. The molecule has 0 bridgehead atoms. The number of rotatable bonds is 4. The number of hydrogen-bond donors (Lipinski definition) is 0. The summed E-state index contributed by atoms with van der Waals surface area (Å²) in [6.07, 6.45) is 3.12. The van der Waals surface area contributed by atoms with Crippen LogP contribution in [0.5, 0.6) is 0 Å². The predicted molar refractivity (Wildman–Crippen MR) is 75.3 cm³/mol. The lowest BCUT2D eigenvalue weighted by Crippen LogP contribution is -1.87. The van der Waals surface area contributed by atoms with Crippen LogP contribution >= 0.6 is 23.2 Å². The van der Waals surface area contributed by atoms with Crippen LogP contribution in [0.25, 0.3) is 11.3 Å². The molecule has 0 radical (unpaired) electrons. The van der Waals surface area contributed by atoms with Crippen molar-refractivity contribution in [3.8, 4) is 11.3 Å². The number of aromatic nitrogens is 1. The molecule has 0 aliphatic heterocycles. The number of nitrogens with zero attached hydrogens (tertiary/aromatic N) is 1. The van der Waals surface area contributed by atoms with Gasteiger partial charge in [-0.15, -0.1) is 0 Å². The third kappa shape index (κ3) is 2.55. The molecule has 2 aromatic rings. The number of unbranched alkanes of at least 4 members (excludes halogenated alkanes) is 1. The van der Waals surface area contributed by atoms with Crippen LogP contribution in [0.4, 0.5) is 0 Å². The first-order valence-electron chi connectivity index (χ1n) is 6.04. The van der Waals surface area contributed by atoms with Crippen molar-refractivity contribution in [2.45, 2.75) is 33.1 Å². The van der Waals surface area contributed by atoms with Gasteiger partial charge in [-0.1, -0.05) is 47.8 Å². The summed E-state index contributed by atoms with van der Waals surface area (Å²) in [7, 11) is 0. The van der Waals surface area contributed by atoms with Gasteiger partial charge in [0.1, 0.15) is 11.5 Å². The molecular formula is C14H15Cl2NO. The molecule has 0 aliphatic carbocycles. The van der Waals surface area contributed by atoms with Crippen molar-refractivity contribution in [2.24, 2.45) is 0 Å². The Morgan fingerprint density at radius 3 is 2.50 bits per heavy atom. The van der Waals surface area contributed by atoms with E-state index in [0.717, 1.165) is 41.8 Å². The maximum atomic E-state index is 6.18. The molecule has 0 N–H and O–H groups in total. The van der Waals surface area contributed by atoms with E-state index in [4.69, 9.17) is 27.7 Å². The Kier molecular flexibility index (Phi) is 4.31. The monoisotopic (exact) mass is 283 g/mol. The number of aryl methyl sites for hydroxylation is 1. The van der Waals surface area contributed by atoms with Crippen LogP contribution in [0.2, 0.25) is 10.0 Å². The zero-order valence-corrected chi connectivity index (χ0v) is 12.0. The van der Waals surface area contributed by atoms with Gasteiger partial charge in [-0.05, 0) is 25.5 Å². The Labute approximate surface area is 117 Å². The van der Waals surface area contributed by atoms with Gasteiger partial charge in [-0.25, -0.2) is 0 Å². The van der Waals surface area contributed by atoms with Gasteiger partial charge in [0, 0.05) is 17.5 Å². The van der Waals surface area contributed by atoms with Gasteiger partial charge in [-0.2, -0.15) is 0 Å². The summed E-state index contributed by atoms with van der Waals surface area (Å²) in [5.41, 5.74) is 2.53. The molecule has 1 heterocycles. The standard InChI is InChI=1S/C14H15Cl2NO/c1-3-4-8-12-9(2)14(17-18-12)13-10(15)6-5-7-11(13)16/h5-7H,3-4,8H2,1-2H3. The van der Waals surface area contributed by atoms with Gasteiger partial charge in [-0.3, -0.25) is 0 Å². The maximum absolute atomic E-state index is 6.18. The third-order valence-electron chi connectivity index (χ3n) is 2.98. The van der Waals surface area contributed by atoms with Crippen LogP contribution in [0, 0.1) is 6.92 Å². The second kappa shape index (κ2) is 5.77. The molecule has 18 heavy (non-hydrogen) atoms. The molecule has 4 heteroatoms. The molecule has 0 aliphatic rings. The first-order valence-corrected chi connectivity index (χ1v) is 6.80. The van der Waals surface area contributed by atoms with E-state index in [2.05, 4.69) is 12.1 Å². The second-order valence-electron chi connectivity index (χ2n) is 4.28. The molecule has 0 saturated heterocycles. The number of halogens is 2. The minimum atomic E-state index is 0.598. The van der Waals surface area contributed by atoms with Crippen molar-refractivity contribution in [1.29, 1.82) is 0 Å². The van der Waals surface area contributed by atoms with Gasteiger partial charge in [0.15, 0.2) is 0 Å². The van der Waals surface area contributed by atoms with E-state index in [1.54, 1.807) is 0 Å².